The van der Waals surface area contributed by atoms with E-state index in [9.17, 15) is 4.79 Å². The first-order chi connectivity index (χ1) is 14.1. The Hall–Kier alpha value is -3.33. The van der Waals surface area contributed by atoms with E-state index in [1.165, 1.54) is 11.3 Å². The van der Waals surface area contributed by atoms with E-state index in [1.54, 1.807) is 36.9 Å². The van der Waals surface area contributed by atoms with Gasteiger partial charge in [-0.25, -0.2) is 4.98 Å². The van der Waals surface area contributed by atoms with Crippen molar-refractivity contribution in [2.24, 2.45) is 5.92 Å². The molecule has 0 spiro atoms. The molecule has 1 atom stereocenters. The lowest BCUT2D eigenvalue weighted by molar-refractivity contribution is -0.121. The Morgan fingerprint density at radius 1 is 1.21 bits per heavy atom. The SMILES string of the molecule is CC(C)[C@@H](NC(=O)Cc1csc(-c2ccco2)n1)c1nc(-c2ccncc2)no1. The fourth-order valence-electron chi connectivity index (χ4n) is 2.78. The molecule has 0 saturated carbocycles. The van der Waals surface area contributed by atoms with E-state index in [0.717, 1.165) is 10.6 Å². The summed E-state index contributed by atoms with van der Waals surface area (Å²) in [5, 5.41) is 9.61. The van der Waals surface area contributed by atoms with Crippen molar-refractivity contribution in [3.8, 4) is 22.2 Å². The average Bonchev–Trinajstić information content (AvgIpc) is 3.47. The molecule has 0 unspecified atom stereocenters. The largest absolute Gasteiger partial charge is 0.462 e. The highest BCUT2D eigenvalue weighted by molar-refractivity contribution is 7.13. The summed E-state index contributed by atoms with van der Waals surface area (Å²) in [5.41, 5.74) is 1.49. The molecule has 4 heterocycles. The van der Waals surface area contributed by atoms with Gasteiger partial charge >= 0.3 is 0 Å². The predicted octanol–water partition coefficient (Wildman–Crippen LogP) is 3.90. The Kier molecular flexibility index (Phi) is 5.48. The highest BCUT2D eigenvalue weighted by Gasteiger charge is 2.25. The molecule has 4 rings (SSSR count). The van der Waals surface area contributed by atoms with Crippen LogP contribution in [0.3, 0.4) is 0 Å². The summed E-state index contributed by atoms with van der Waals surface area (Å²) in [5.74, 6) is 1.43. The smallest absolute Gasteiger partial charge is 0.249 e. The molecule has 0 bridgehead atoms. The van der Waals surface area contributed by atoms with Crippen molar-refractivity contribution in [2.45, 2.75) is 26.3 Å². The van der Waals surface area contributed by atoms with Crippen molar-refractivity contribution in [2.75, 3.05) is 0 Å². The first-order valence-corrected chi connectivity index (χ1v) is 10.00. The number of carbonyl (C=O) groups is 1. The van der Waals surface area contributed by atoms with Crippen molar-refractivity contribution in [3.05, 3.63) is 59.9 Å². The van der Waals surface area contributed by atoms with Crippen LogP contribution in [-0.4, -0.2) is 26.0 Å². The zero-order valence-corrected chi connectivity index (χ0v) is 16.7. The van der Waals surface area contributed by atoms with E-state index in [0.29, 0.717) is 23.2 Å². The number of hydrogen-bond acceptors (Lipinski definition) is 8. The van der Waals surface area contributed by atoms with Crippen LogP contribution in [0.15, 0.2) is 57.2 Å². The highest BCUT2D eigenvalue weighted by Crippen LogP contribution is 2.25. The maximum Gasteiger partial charge on any atom is 0.249 e. The van der Waals surface area contributed by atoms with E-state index in [-0.39, 0.29) is 18.2 Å². The fourth-order valence-corrected chi connectivity index (χ4v) is 3.57. The Morgan fingerprint density at radius 3 is 2.76 bits per heavy atom. The fraction of sp³-hybridized carbons (Fsp3) is 0.250. The molecule has 0 aromatic carbocycles. The number of pyridine rings is 1. The lowest BCUT2D eigenvalue weighted by Crippen LogP contribution is -2.33. The van der Waals surface area contributed by atoms with Gasteiger partial charge in [0.15, 0.2) is 10.8 Å². The molecule has 148 valence electrons. The van der Waals surface area contributed by atoms with Crippen LogP contribution in [0.25, 0.3) is 22.2 Å². The maximum atomic E-state index is 12.6. The number of rotatable bonds is 7. The number of hydrogen-bond donors (Lipinski definition) is 1. The number of furan rings is 1. The summed E-state index contributed by atoms with van der Waals surface area (Å²) < 4.78 is 10.8. The van der Waals surface area contributed by atoms with E-state index in [1.807, 2.05) is 25.3 Å². The summed E-state index contributed by atoms with van der Waals surface area (Å²) in [7, 11) is 0. The van der Waals surface area contributed by atoms with Gasteiger partial charge in [-0.2, -0.15) is 4.98 Å². The van der Waals surface area contributed by atoms with E-state index in [2.05, 4.69) is 25.4 Å². The third-order valence-electron chi connectivity index (χ3n) is 4.25. The number of carbonyl (C=O) groups excluding carboxylic acids is 1. The summed E-state index contributed by atoms with van der Waals surface area (Å²) in [6.45, 7) is 3.97. The van der Waals surface area contributed by atoms with Gasteiger partial charge in [0.25, 0.3) is 0 Å². The van der Waals surface area contributed by atoms with Crippen LogP contribution in [0, 0.1) is 5.92 Å². The minimum absolute atomic E-state index is 0.0683. The second-order valence-electron chi connectivity index (χ2n) is 6.78. The highest BCUT2D eigenvalue weighted by atomic mass is 32.1. The standard InChI is InChI=1S/C20H19N5O3S/c1-12(2)17(19-24-18(25-28-19)13-5-7-21-8-6-13)23-16(26)10-14-11-29-20(22-14)15-4-3-9-27-15/h3-9,11-12,17H,10H2,1-2H3,(H,23,26)/t17-/m1/s1. The molecule has 9 heteroatoms. The zero-order chi connectivity index (χ0) is 20.2. The zero-order valence-electron chi connectivity index (χ0n) is 15.9. The Bertz CT molecular complexity index is 1070. The molecule has 0 aliphatic rings. The Morgan fingerprint density at radius 2 is 2.03 bits per heavy atom. The van der Waals surface area contributed by atoms with Crippen molar-refractivity contribution in [1.29, 1.82) is 0 Å². The van der Waals surface area contributed by atoms with Gasteiger partial charge < -0.3 is 14.3 Å². The number of thiazole rings is 1. The van der Waals surface area contributed by atoms with Gasteiger partial charge in [-0.1, -0.05) is 19.0 Å². The number of nitrogens with zero attached hydrogens (tertiary/aromatic N) is 4. The van der Waals surface area contributed by atoms with Crippen LogP contribution in [0.5, 0.6) is 0 Å². The molecule has 1 N–H and O–H groups in total. The Balaban J connectivity index is 1.45. The molecule has 0 aliphatic carbocycles. The molecule has 8 nitrogen and oxygen atoms in total. The number of amides is 1. The molecule has 1 amide bonds. The van der Waals surface area contributed by atoms with Gasteiger partial charge in [0.2, 0.25) is 17.6 Å². The van der Waals surface area contributed by atoms with E-state index in [4.69, 9.17) is 8.94 Å². The van der Waals surface area contributed by atoms with Crippen LogP contribution >= 0.6 is 11.3 Å². The topological polar surface area (TPSA) is 107 Å². The number of aromatic nitrogens is 4. The van der Waals surface area contributed by atoms with Crippen molar-refractivity contribution < 1.29 is 13.7 Å². The van der Waals surface area contributed by atoms with Gasteiger partial charge in [0.05, 0.1) is 18.4 Å². The quantitative estimate of drug-likeness (QED) is 0.493. The Labute approximate surface area is 171 Å². The summed E-state index contributed by atoms with van der Waals surface area (Å²) >= 11 is 1.44. The molecule has 0 saturated heterocycles. The van der Waals surface area contributed by atoms with Crippen LogP contribution in [0.1, 0.15) is 31.5 Å². The molecule has 4 aromatic rings. The molecular formula is C20H19N5O3S. The first-order valence-electron chi connectivity index (χ1n) is 9.12. The van der Waals surface area contributed by atoms with Crippen molar-refractivity contribution in [1.82, 2.24) is 25.4 Å². The van der Waals surface area contributed by atoms with Gasteiger partial charge in [-0.15, -0.1) is 11.3 Å². The summed E-state index contributed by atoms with van der Waals surface area (Å²) in [6, 6.07) is 6.86. The molecule has 0 fully saturated rings. The van der Waals surface area contributed by atoms with Crippen molar-refractivity contribution >= 4 is 17.2 Å². The maximum absolute atomic E-state index is 12.6. The molecule has 29 heavy (non-hydrogen) atoms. The molecule has 0 aliphatic heterocycles. The lowest BCUT2D eigenvalue weighted by atomic mass is 10.0. The predicted molar refractivity (Wildman–Crippen MR) is 107 cm³/mol. The van der Waals surface area contributed by atoms with Gasteiger partial charge in [-0.3, -0.25) is 9.78 Å². The van der Waals surface area contributed by atoms with Crippen molar-refractivity contribution in [3.63, 3.8) is 0 Å². The van der Waals surface area contributed by atoms with Gasteiger partial charge in [0, 0.05) is 23.3 Å². The normalized spacial score (nSPS) is 12.2. The molecule has 0 radical (unpaired) electrons. The third-order valence-corrected chi connectivity index (χ3v) is 5.16. The third kappa shape index (κ3) is 4.40. The van der Waals surface area contributed by atoms with Crippen LogP contribution < -0.4 is 5.32 Å². The minimum Gasteiger partial charge on any atom is -0.462 e. The summed E-state index contributed by atoms with van der Waals surface area (Å²) in [4.78, 5) is 25.5. The van der Waals surface area contributed by atoms with Gasteiger partial charge in [0.1, 0.15) is 6.04 Å². The van der Waals surface area contributed by atoms with Crippen LogP contribution in [-0.2, 0) is 11.2 Å². The molecular weight excluding hydrogens is 390 g/mol. The minimum atomic E-state index is -0.395. The summed E-state index contributed by atoms with van der Waals surface area (Å²) in [6.07, 6.45) is 5.09. The first kappa shape index (κ1) is 19.0. The second kappa shape index (κ2) is 8.36. The number of nitrogens with one attached hydrogen (secondary N) is 1. The monoisotopic (exact) mass is 409 g/mol. The lowest BCUT2D eigenvalue weighted by Gasteiger charge is -2.18. The average molecular weight is 409 g/mol. The van der Waals surface area contributed by atoms with Crippen LogP contribution in [0.2, 0.25) is 0 Å². The van der Waals surface area contributed by atoms with E-state index >= 15 is 0 Å². The van der Waals surface area contributed by atoms with E-state index < -0.39 is 6.04 Å². The molecule has 4 aromatic heterocycles. The second-order valence-corrected chi connectivity index (χ2v) is 7.64. The van der Waals surface area contributed by atoms with Crippen LogP contribution in [0.4, 0.5) is 0 Å². The van der Waals surface area contributed by atoms with Gasteiger partial charge in [-0.05, 0) is 30.2 Å².